The maximum atomic E-state index is 14.8. The molecular weight excluding hydrogens is 350 g/mol. The smallest absolute Gasteiger partial charge is 0.144 e. The number of methoxy groups -OCH3 is 1. The average Bonchev–Trinajstić information content (AvgIpc) is 3.14. The van der Waals surface area contributed by atoms with Crippen LogP contribution in [0.1, 0.15) is 11.3 Å². The van der Waals surface area contributed by atoms with Gasteiger partial charge in [0.15, 0.2) is 0 Å². The van der Waals surface area contributed by atoms with Crippen LogP contribution in [0.5, 0.6) is 5.75 Å². The Morgan fingerprint density at radius 2 is 1.70 bits per heavy atom. The molecule has 0 N–H and O–H groups in total. The van der Waals surface area contributed by atoms with Crippen molar-refractivity contribution in [2.24, 2.45) is 7.05 Å². The molecule has 0 bridgehead atoms. The standard InChI is InChI=1S/C20H18F2N4O/c1-11-5-6-17-16(7-11)23-10-26(17)20-18(12(2)24-25(20)3)19-14(21)8-13(27-4)9-15(19)22/h5-10H,1-4H3. The number of hydrogen-bond acceptors (Lipinski definition) is 3. The zero-order valence-electron chi connectivity index (χ0n) is 15.4. The number of benzene rings is 2. The molecule has 0 radical (unpaired) electrons. The molecule has 0 aliphatic rings. The number of rotatable bonds is 3. The number of halogens is 2. The van der Waals surface area contributed by atoms with Crippen molar-refractivity contribution in [1.29, 1.82) is 0 Å². The number of ether oxygens (including phenoxy) is 1. The lowest BCUT2D eigenvalue weighted by molar-refractivity contribution is 0.407. The average molecular weight is 368 g/mol. The summed E-state index contributed by atoms with van der Waals surface area (Å²) in [4.78, 5) is 4.43. The Kier molecular flexibility index (Phi) is 3.95. The number of nitrogens with zero attached hydrogens (tertiary/aromatic N) is 4. The quantitative estimate of drug-likeness (QED) is 0.541. The van der Waals surface area contributed by atoms with Gasteiger partial charge >= 0.3 is 0 Å². The molecule has 5 nitrogen and oxygen atoms in total. The highest BCUT2D eigenvalue weighted by atomic mass is 19.1. The first-order valence-electron chi connectivity index (χ1n) is 8.41. The second kappa shape index (κ2) is 6.19. The van der Waals surface area contributed by atoms with Gasteiger partial charge in [0.2, 0.25) is 0 Å². The third-order valence-electron chi connectivity index (χ3n) is 4.62. The molecule has 2 heterocycles. The molecule has 0 amide bonds. The zero-order chi connectivity index (χ0) is 19.3. The van der Waals surface area contributed by atoms with Crippen LogP contribution >= 0.6 is 0 Å². The van der Waals surface area contributed by atoms with Gasteiger partial charge in [0.05, 0.1) is 35.0 Å². The number of imidazole rings is 1. The van der Waals surface area contributed by atoms with Crippen LogP contribution in [-0.4, -0.2) is 26.4 Å². The van der Waals surface area contributed by atoms with E-state index in [0.717, 1.165) is 16.6 Å². The summed E-state index contributed by atoms with van der Waals surface area (Å²) in [6, 6.07) is 8.21. The van der Waals surface area contributed by atoms with Crippen molar-refractivity contribution in [2.45, 2.75) is 13.8 Å². The van der Waals surface area contributed by atoms with Crippen LogP contribution in [0.15, 0.2) is 36.7 Å². The minimum absolute atomic E-state index is 0.125. The minimum Gasteiger partial charge on any atom is -0.497 e. The molecule has 0 aliphatic carbocycles. The summed E-state index contributed by atoms with van der Waals surface area (Å²) in [6.45, 7) is 3.71. The van der Waals surface area contributed by atoms with Gasteiger partial charge in [0, 0.05) is 19.2 Å². The van der Waals surface area contributed by atoms with E-state index >= 15 is 0 Å². The van der Waals surface area contributed by atoms with Gasteiger partial charge in [0.1, 0.15) is 29.5 Å². The number of hydrogen-bond donors (Lipinski definition) is 0. The molecule has 2 aromatic heterocycles. The third kappa shape index (κ3) is 2.66. The molecule has 138 valence electrons. The van der Waals surface area contributed by atoms with Gasteiger partial charge in [-0.15, -0.1) is 0 Å². The molecule has 0 fully saturated rings. The van der Waals surface area contributed by atoms with Crippen molar-refractivity contribution < 1.29 is 13.5 Å². The van der Waals surface area contributed by atoms with Crippen molar-refractivity contribution in [3.8, 4) is 22.7 Å². The highest BCUT2D eigenvalue weighted by molar-refractivity contribution is 5.82. The summed E-state index contributed by atoms with van der Waals surface area (Å²) in [7, 11) is 3.11. The second-order valence-corrected chi connectivity index (χ2v) is 6.48. The van der Waals surface area contributed by atoms with Gasteiger partial charge in [-0.3, -0.25) is 9.25 Å². The van der Waals surface area contributed by atoms with E-state index in [1.165, 1.54) is 19.2 Å². The van der Waals surface area contributed by atoms with Gasteiger partial charge in [-0.05, 0) is 31.5 Å². The summed E-state index contributed by atoms with van der Waals surface area (Å²) < 4.78 is 37.9. The Morgan fingerprint density at radius 1 is 1.00 bits per heavy atom. The van der Waals surface area contributed by atoms with E-state index in [9.17, 15) is 8.78 Å². The SMILES string of the molecule is COc1cc(F)c(-c2c(C)nn(C)c2-n2cnc3cc(C)ccc32)c(F)c1. The molecule has 4 rings (SSSR count). The number of fused-ring (bicyclic) bond motifs is 1. The summed E-state index contributed by atoms with van der Waals surface area (Å²) in [6.07, 6.45) is 1.64. The molecule has 0 saturated heterocycles. The van der Waals surface area contributed by atoms with Crippen LogP contribution in [0, 0.1) is 25.5 Å². The maximum Gasteiger partial charge on any atom is 0.144 e. The molecule has 27 heavy (non-hydrogen) atoms. The summed E-state index contributed by atoms with van der Waals surface area (Å²) in [5.74, 6) is -0.740. The van der Waals surface area contributed by atoms with Crippen LogP contribution in [-0.2, 0) is 7.05 Å². The largest absolute Gasteiger partial charge is 0.497 e. The fourth-order valence-corrected chi connectivity index (χ4v) is 3.41. The van der Waals surface area contributed by atoms with Crippen LogP contribution in [0.4, 0.5) is 8.78 Å². The van der Waals surface area contributed by atoms with Gasteiger partial charge < -0.3 is 4.74 Å². The Hall–Kier alpha value is -3.22. The van der Waals surface area contributed by atoms with Crippen molar-refractivity contribution in [3.63, 3.8) is 0 Å². The zero-order valence-corrected chi connectivity index (χ0v) is 15.4. The first kappa shape index (κ1) is 17.2. The van der Waals surface area contributed by atoms with Crippen molar-refractivity contribution in [1.82, 2.24) is 19.3 Å². The van der Waals surface area contributed by atoms with Crippen molar-refractivity contribution >= 4 is 11.0 Å². The van der Waals surface area contributed by atoms with Crippen LogP contribution in [0.2, 0.25) is 0 Å². The maximum absolute atomic E-state index is 14.8. The summed E-state index contributed by atoms with van der Waals surface area (Å²) in [5, 5.41) is 4.40. The van der Waals surface area contributed by atoms with E-state index in [1.54, 1.807) is 29.5 Å². The van der Waals surface area contributed by atoms with Gasteiger partial charge in [-0.2, -0.15) is 5.10 Å². The topological polar surface area (TPSA) is 44.9 Å². The third-order valence-corrected chi connectivity index (χ3v) is 4.62. The molecule has 0 aliphatic heterocycles. The Morgan fingerprint density at radius 3 is 2.37 bits per heavy atom. The molecule has 0 unspecified atom stereocenters. The molecular formula is C20H18F2N4O. The van der Waals surface area contributed by atoms with E-state index in [-0.39, 0.29) is 11.3 Å². The molecule has 4 aromatic rings. The van der Waals surface area contributed by atoms with E-state index in [2.05, 4.69) is 10.1 Å². The second-order valence-electron chi connectivity index (χ2n) is 6.48. The molecule has 0 atom stereocenters. The number of aromatic nitrogens is 4. The van der Waals surface area contributed by atoms with Crippen molar-refractivity contribution in [2.75, 3.05) is 7.11 Å². The fraction of sp³-hybridized carbons (Fsp3) is 0.200. The fourth-order valence-electron chi connectivity index (χ4n) is 3.41. The lowest BCUT2D eigenvalue weighted by Crippen LogP contribution is -2.04. The summed E-state index contributed by atoms with van der Waals surface area (Å²) >= 11 is 0. The first-order valence-corrected chi connectivity index (χ1v) is 8.41. The Bertz CT molecular complexity index is 1150. The minimum atomic E-state index is -0.704. The molecule has 0 spiro atoms. The van der Waals surface area contributed by atoms with Crippen LogP contribution in [0.25, 0.3) is 28.0 Å². The highest BCUT2D eigenvalue weighted by Crippen LogP contribution is 2.36. The van der Waals surface area contributed by atoms with Crippen LogP contribution in [0.3, 0.4) is 0 Å². The predicted molar refractivity (Wildman–Crippen MR) is 99.2 cm³/mol. The lowest BCUT2D eigenvalue weighted by Gasteiger charge is -2.12. The Balaban J connectivity index is 2.03. The van der Waals surface area contributed by atoms with E-state index < -0.39 is 11.6 Å². The van der Waals surface area contributed by atoms with Crippen LogP contribution < -0.4 is 4.74 Å². The Labute approximate surface area is 154 Å². The van der Waals surface area contributed by atoms with Crippen molar-refractivity contribution in [3.05, 3.63) is 59.6 Å². The van der Waals surface area contributed by atoms with E-state index in [0.29, 0.717) is 17.1 Å². The monoisotopic (exact) mass is 368 g/mol. The van der Waals surface area contributed by atoms with Gasteiger partial charge in [-0.1, -0.05) is 6.07 Å². The van der Waals surface area contributed by atoms with Gasteiger partial charge in [-0.25, -0.2) is 13.8 Å². The normalized spacial score (nSPS) is 11.3. The predicted octanol–water partition coefficient (Wildman–Crippen LogP) is 4.33. The highest BCUT2D eigenvalue weighted by Gasteiger charge is 2.24. The van der Waals surface area contributed by atoms with Gasteiger partial charge in [0.25, 0.3) is 0 Å². The van der Waals surface area contributed by atoms with E-state index in [4.69, 9.17) is 4.74 Å². The lowest BCUT2D eigenvalue weighted by atomic mass is 10.0. The molecule has 2 aromatic carbocycles. The first-order chi connectivity index (χ1) is 12.9. The van der Waals surface area contributed by atoms with E-state index in [1.807, 2.05) is 25.1 Å². The molecule has 7 heteroatoms. The number of aryl methyl sites for hydroxylation is 3. The summed E-state index contributed by atoms with van der Waals surface area (Å²) in [5.41, 5.74) is 3.49. The molecule has 0 saturated carbocycles.